The summed E-state index contributed by atoms with van der Waals surface area (Å²) in [7, 11) is 0. The number of benzene rings is 1. The molecule has 0 spiro atoms. The molecule has 2 amide bonds. The third kappa shape index (κ3) is 4.28. The van der Waals surface area contributed by atoms with Gasteiger partial charge in [-0.1, -0.05) is 13.8 Å². The zero-order valence-electron chi connectivity index (χ0n) is 12.4. The van der Waals surface area contributed by atoms with Crippen LogP contribution in [0.3, 0.4) is 0 Å². The minimum atomic E-state index is -0.317. The first kappa shape index (κ1) is 15.5. The second-order valence-corrected chi connectivity index (χ2v) is 5.95. The Bertz CT molecular complexity index is 514. The fourth-order valence-electron chi connectivity index (χ4n) is 2.49. The fraction of sp³-hybridized carbons (Fsp3) is 0.500. The van der Waals surface area contributed by atoms with Crippen molar-refractivity contribution in [2.75, 3.05) is 18.0 Å². The van der Waals surface area contributed by atoms with Crippen molar-refractivity contribution in [2.45, 2.75) is 26.7 Å². The number of halogens is 1. The Morgan fingerprint density at radius 2 is 2.05 bits per heavy atom. The van der Waals surface area contributed by atoms with Crippen molar-refractivity contribution in [1.82, 2.24) is 5.32 Å². The third-order valence-corrected chi connectivity index (χ3v) is 3.52. The molecule has 0 aliphatic carbocycles. The highest BCUT2D eigenvalue weighted by Crippen LogP contribution is 2.24. The van der Waals surface area contributed by atoms with E-state index in [0.29, 0.717) is 37.5 Å². The summed E-state index contributed by atoms with van der Waals surface area (Å²) in [4.78, 5) is 25.3. The van der Waals surface area contributed by atoms with Crippen LogP contribution in [0.1, 0.15) is 26.7 Å². The lowest BCUT2D eigenvalue weighted by Gasteiger charge is -2.17. The number of carbonyl (C=O) groups is 2. The van der Waals surface area contributed by atoms with Crippen molar-refractivity contribution in [2.24, 2.45) is 11.8 Å². The molecule has 114 valence electrons. The molecule has 4 nitrogen and oxygen atoms in total. The Kier molecular flexibility index (Phi) is 4.94. The molecule has 21 heavy (non-hydrogen) atoms. The highest BCUT2D eigenvalue weighted by atomic mass is 19.1. The number of hydrogen-bond acceptors (Lipinski definition) is 2. The lowest BCUT2D eigenvalue weighted by Crippen LogP contribution is -2.31. The summed E-state index contributed by atoms with van der Waals surface area (Å²) in [6.45, 7) is 5.06. The van der Waals surface area contributed by atoms with E-state index >= 15 is 0 Å². The SMILES string of the molecule is CC(C)CC(=O)NC[C@H]1CC(=O)N(c2ccc(F)cc2)C1. The van der Waals surface area contributed by atoms with E-state index in [1.807, 2.05) is 13.8 Å². The maximum atomic E-state index is 12.9. The van der Waals surface area contributed by atoms with Gasteiger partial charge in [-0.05, 0) is 30.2 Å². The zero-order valence-corrected chi connectivity index (χ0v) is 12.4. The fourth-order valence-corrected chi connectivity index (χ4v) is 2.49. The molecule has 1 fully saturated rings. The van der Waals surface area contributed by atoms with Crippen molar-refractivity contribution in [1.29, 1.82) is 0 Å². The first-order chi connectivity index (χ1) is 9.95. The molecule has 1 aliphatic rings. The van der Waals surface area contributed by atoms with E-state index in [0.717, 1.165) is 0 Å². The molecule has 1 atom stereocenters. The first-order valence-electron chi connectivity index (χ1n) is 7.28. The first-order valence-corrected chi connectivity index (χ1v) is 7.28. The topological polar surface area (TPSA) is 49.4 Å². The largest absolute Gasteiger partial charge is 0.356 e. The van der Waals surface area contributed by atoms with E-state index in [2.05, 4.69) is 5.32 Å². The lowest BCUT2D eigenvalue weighted by atomic mass is 10.1. The number of amides is 2. The summed E-state index contributed by atoms with van der Waals surface area (Å²) < 4.78 is 12.9. The van der Waals surface area contributed by atoms with Gasteiger partial charge >= 0.3 is 0 Å². The Morgan fingerprint density at radius 1 is 1.38 bits per heavy atom. The quantitative estimate of drug-likeness (QED) is 0.905. The summed E-state index contributed by atoms with van der Waals surface area (Å²) in [5, 5.41) is 2.88. The van der Waals surface area contributed by atoms with Gasteiger partial charge in [-0.15, -0.1) is 0 Å². The maximum Gasteiger partial charge on any atom is 0.227 e. The summed E-state index contributed by atoms with van der Waals surface area (Å²) in [6, 6.07) is 5.90. The molecule has 1 aromatic rings. The van der Waals surface area contributed by atoms with Crippen LogP contribution in [0.2, 0.25) is 0 Å². The third-order valence-electron chi connectivity index (χ3n) is 3.52. The van der Waals surface area contributed by atoms with Crippen LogP contribution in [-0.2, 0) is 9.59 Å². The molecule has 5 heteroatoms. The molecule has 2 rings (SSSR count). The molecule has 0 saturated carbocycles. The van der Waals surface area contributed by atoms with Crippen LogP contribution in [-0.4, -0.2) is 24.9 Å². The minimum Gasteiger partial charge on any atom is -0.356 e. The molecule has 1 aromatic carbocycles. The Hall–Kier alpha value is -1.91. The van der Waals surface area contributed by atoms with Gasteiger partial charge in [0.15, 0.2) is 0 Å². The zero-order chi connectivity index (χ0) is 15.4. The Morgan fingerprint density at radius 3 is 2.67 bits per heavy atom. The van der Waals surface area contributed by atoms with Gasteiger partial charge in [0.05, 0.1) is 0 Å². The Balaban J connectivity index is 1.88. The van der Waals surface area contributed by atoms with Gasteiger partial charge in [-0.25, -0.2) is 4.39 Å². The molecular weight excluding hydrogens is 271 g/mol. The average molecular weight is 292 g/mol. The van der Waals surface area contributed by atoms with Gasteiger partial charge in [-0.2, -0.15) is 0 Å². The highest BCUT2D eigenvalue weighted by Gasteiger charge is 2.30. The second kappa shape index (κ2) is 6.70. The summed E-state index contributed by atoms with van der Waals surface area (Å²) >= 11 is 0. The van der Waals surface area contributed by atoms with Crippen LogP contribution < -0.4 is 10.2 Å². The van der Waals surface area contributed by atoms with Gasteiger partial charge in [0.25, 0.3) is 0 Å². The highest BCUT2D eigenvalue weighted by molar-refractivity contribution is 5.95. The van der Waals surface area contributed by atoms with Crippen LogP contribution >= 0.6 is 0 Å². The van der Waals surface area contributed by atoms with Gasteiger partial charge in [0.1, 0.15) is 5.82 Å². The van der Waals surface area contributed by atoms with Crippen molar-refractivity contribution in [3.05, 3.63) is 30.1 Å². The van der Waals surface area contributed by atoms with Gasteiger partial charge in [0.2, 0.25) is 11.8 Å². The average Bonchev–Trinajstić information content (AvgIpc) is 2.78. The van der Waals surface area contributed by atoms with E-state index in [4.69, 9.17) is 0 Å². The van der Waals surface area contributed by atoms with Crippen LogP contribution in [0.25, 0.3) is 0 Å². The molecular formula is C16H21FN2O2. The number of anilines is 1. The number of nitrogens with one attached hydrogen (secondary N) is 1. The summed E-state index contributed by atoms with van der Waals surface area (Å²) in [5.74, 6) is 0.162. The Labute approximate surface area is 124 Å². The van der Waals surface area contributed by atoms with E-state index in [9.17, 15) is 14.0 Å². The number of carbonyl (C=O) groups excluding carboxylic acids is 2. The predicted molar refractivity (Wildman–Crippen MR) is 79.3 cm³/mol. The van der Waals surface area contributed by atoms with E-state index in [1.54, 1.807) is 17.0 Å². The number of nitrogens with zero attached hydrogens (tertiary/aromatic N) is 1. The van der Waals surface area contributed by atoms with Crippen molar-refractivity contribution in [3.8, 4) is 0 Å². The van der Waals surface area contributed by atoms with Crippen LogP contribution in [0.4, 0.5) is 10.1 Å². The van der Waals surface area contributed by atoms with Crippen LogP contribution in [0.5, 0.6) is 0 Å². The monoisotopic (exact) mass is 292 g/mol. The molecule has 1 saturated heterocycles. The van der Waals surface area contributed by atoms with Crippen molar-refractivity contribution in [3.63, 3.8) is 0 Å². The standard InChI is InChI=1S/C16H21FN2O2/c1-11(2)7-15(20)18-9-12-8-16(21)19(10-12)14-5-3-13(17)4-6-14/h3-6,11-12H,7-10H2,1-2H3,(H,18,20)/t12-/m1/s1. The second-order valence-electron chi connectivity index (χ2n) is 5.95. The molecule has 0 aromatic heterocycles. The van der Waals surface area contributed by atoms with Crippen LogP contribution in [0, 0.1) is 17.7 Å². The smallest absolute Gasteiger partial charge is 0.227 e. The molecule has 0 unspecified atom stereocenters. The van der Waals surface area contributed by atoms with E-state index in [1.165, 1.54) is 12.1 Å². The van der Waals surface area contributed by atoms with E-state index in [-0.39, 0.29) is 23.5 Å². The van der Waals surface area contributed by atoms with Gasteiger partial charge < -0.3 is 10.2 Å². The number of rotatable bonds is 5. The van der Waals surface area contributed by atoms with Gasteiger partial charge in [0, 0.05) is 37.5 Å². The van der Waals surface area contributed by atoms with Crippen molar-refractivity contribution < 1.29 is 14.0 Å². The molecule has 1 heterocycles. The molecule has 0 bridgehead atoms. The molecule has 1 aliphatic heterocycles. The number of hydrogen-bond donors (Lipinski definition) is 1. The van der Waals surface area contributed by atoms with Crippen LogP contribution in [0.15, 0.2) is 24.3 Å². The molecule has 0 radical (unpaired) electrons. The minimum absolute atomic E-state index is 0.0183. The maximum absolute atomic E-state index is 12.9. The summed E-state index contributed by atoms with van der Waals surface area (Å²) in [5.41, 5.74) is 0.706. The molecule has 1 N–H and O–H groups in total. The normalized spacial score (nSPS) is 18.4. The van der Waals surface area contributed by atoms with Crippen molar-refractivity contribution >= 4 is 17.5 Å². The van der Waals surface area contributed by atoms with E-state index < -0.39 is 0 Å². The summed E-state index contributed by atoms with van der Waals surface area (Å²) in [6.07, 6.45) is 0.918. The van der Waals surface area contributed by atoms with Gasteiger partial charge in [-0.3, -0.25) is 9.59 Å². The predicted octanol–water partition coefficient (Wildman–Crippen LogP) is 2.34. The lowest BCUT2D eigenvalue weighted by molar-refractivity contribution is -0.122.